The van der Waals surface area contributed by atoms with E-state index >= 15 is 0 Å². The Morgan fingerprint density at radius 1 is 0.370 bits per heavy atom. The molecule has 16 rings (SSSR count). The second-order valence-corrected chi connectivity index (χ2v) is 28.8. The number of aromatic hydroxyl groups is 4. The fourth-order valence-electron chi connectivity index (χ4n) is 13.5. The van der Waals surface area contributed by atoms with Crippen LogP contribution in [0.15, 0.2) is 170 Å². The molecule has 0 atom stereocenters. The van der Waals surface area contributed by atoms with Crippen LogP contribution in [0.5, 0.6) is 23.0 Å². The van der Waals surface area contributed by atoms with Crippen molar-refractivity contribution in [3.05, 3.63) is 256 Å². The van der Waals surface area contributed by atoms with Crippen molar-refractivity contribution in [3.63, 3.8) is 0 Å². The van der Waals surface area contributed by atoms with Crippen LogP contribution in [0, 0.1) is 0 Å². The molecule has 544 valence electrons. The molecular formula is C76H56Cl8N16O8. The smallest absolute Gasteiger partial charge is 0.215 e. The molecule has 8 aromatic heterocycles. The Kier molecular flexibility index (Phi) is 20.5. The number of halogens is 8. The lowest BCUT2D eigenvalue weighted by atomic mass is 9.96. The van der Waals surface area contributed by atoms with E-state index in [1.54, 1.807) is 46.0 Å². The van der Waals surface area contributed by atoms with Gasteiger partial charge in [0.05, 0.1) is 103 Å². The number of ketones is 4. The Hall–Kier alpha value is -10.8. The number of aromatic amines is 2. The maximum atomic E-state index is 14.1. The summed E-state index contributed by atoms with van der Waals surface area (Å²) in [6.45, 7) is 0. The van der Waals surface area contributed by atoms with Gasteiger partial charge in [-0.15, -0.1) is 20.4 Å². The second-order valence-electron chi connectivity index (χ2n) is 25.7. The number of aromatic nitrogens is 16. The van der Waals surface area contributed by atoms with Gasteiger partial charge in [-0.25, -0.2) is 18.7 Å². The summed E-state index contributed by atoms with van der Waals surface area (Å²) in [6.07, 6.45) is 18.2. The molecule has 6 N–H and O–H groups in total. The van der Waals surface area contributed by atoms with E-state index in [0.717, 1.165) is 67.3 Å². The summed E-state index contributed by atoms with van der Waals surface area (Å²) >= 11 is 52.5. The van der Waals surface area contributed by atoms with E-state index in [1.807, 2.05) is 82.4 Å². The fourth-order valence-corrected chi connectivity index (χ4v) is 15.1. The number of phenolic OH excluding ortho intramolecular Hbond substituents is 4. The molecule has 0 spiro atoms. The third-order valence-electron chi connectivity index (χ3n) is 19.0. The number of H-pyrrole nitrogens is 2. The summed E-state index contributed by atoms with van der Waals surface area (Å²) in [5.41, 5.74) is 4.58. The van der Waals surface area contributed by atoms with Gasteiger partial charge in [-0.3, -0.25) is 28.3 Å². The predicted octanol–water partition coefficient (Wildman–Crippen LogP) is 18.6. The van der Waals surface area contributed by atoms with Gasteiger partial charge in [-0.1, -0.05) is 213 Å². The van der Waals surface area contributed by atoms with Crippen LogP contribution in [0.4, 0.5) is 0 Å². The van der Waals surface area contributed by atoms with Crippen LogP contribution in [-0.4, -0.2) is 123 Å². The lowest BCUT2D eigenvalue weighted by molar-refractivity contribution is 0.101. The van der Waals surface area contributed by atoms with Gasteiger partial charge in [0.1, 0.15) is 87.8 Å². The molecule has 0 amide bonds. The molecule has 24 nitrogen and oxygen atoms in total. The molecule has 0 aliphatic heterocycles. The molecule has 32 heteroatoms. The molecule has 0 unspecified atom stereocenters. The fraction of sp³-hybridized carbons (Fsp3) is 0.158. The largest absolute Gasteiger partial charge is 0.507 e. The minimum atomic E-state index is -0.731. The summed E-state index contributed by atoms with van der Waals surface area (Å²) < 4.78 is 9.25. The summed E-state index contributed by atoms with van der Waals surface area (Å²) in [5.74, 6) is -4.18. The van der Waals surface area contributed by atoms with Crippen molar-refractivity contribution in [2.75, 3.05) is 0 Å². The van der Waals surface area contributed by atoms with Crippen molar-refractivity contribution < 1.29 is 39.6 Å². The first kappa shape index (κ1) is 72.7. The van der Waals surface area contributed by atoms with Gasteiger partial charge >= 0.3 is 0 Å². The molecule has 2 aliphatic rings. The summed E-state index contributed by atoms with van der Waals surface area (Å²) in [4.78, 5) is 62.0. The first-order chi connectivity index (χ1) is 52.2. The Labute approximate surface area is 653 Å². The van der Waals surface area contributed by atoms with E-state index < -0.39 is 23.1 Å². The maximum absolute atomic E-state index is 14.1. The highest BCUT2D eigenvalue weighted by atomic mass is 35.5. The molecule has 14 aromatic rings. The predicted molar refractivity (Wildman–Crippen MR) is 409 cm³/mol. The number of hydrogen-bond donors (Lipinski definition) is 6. The van der Waals surface area contributed by atoms with E-state index in [1.165, 1.54) is 78.1 Å². The van der Waals surface area contributed by atoms with Crippen LogP contribution in [-0.2, 0) is 0 Å². The molecule has 2 fully saturated rings. The van der Waals surface area contributed by atoms with Crippen LogP contribution < -0.4 is 0 Å². The zero-order chi connectivity index (χ0) is 75.3. The minimum absolute atomic E-state index is 0.0179. The lowest BCUT2D eigenvalue weighted by Crippen LogP contribution is -2.13. The van der Waals surface area contributed by atoms with Gasteiger partial charge in [-0.05, 0) is 111 Å². The van der Waals surface area contributed by atoms with Gasteiger partial charge in [-0.2, -0.15) is 0 Å². The van der Waals surface area contributed by atoms with E-state index in [4.69, 9.17) is 92.8 Å². The van der Waals surface area contributed by atoms with E-state index in [9.17, 15) is 39.6 Å². The minimum Gasteiger partial charge on any atom is -0.507 e. The highest BCUT2D eigenvalue weighted by Gasteiger charge is 2.34. The first-order valence-electron chi connectivity index (χ1n) is 33.8. The van der Waals surface area contributed by atoms with Crippen LogP contribution >= 0.6 is 92.8 Å². The number of para-hydroxylation sites is 2. The third kappa shape index (κ3) is 14.1. The number of benzene rings is 6. The number of rotatable bonds is 18. The van der Waals surface area contributed by atoms with Crippen molar-refractivity contribution in [2.24, 2.45) is 0 Å². The quantitative estimate of drug-likeness (QED) is 0.0435. The monoisotopic (exact) mass is 1600 g/mol. The van der Waals surface area contributed by atoms with E-state index in [-0.39, 0.29) is 132 Å². The molecule has 0 bridgehead atoms. The Morgan fingerprint density at radius 3 is 1.02 bits per heavy atom. The molecule has 108 heavy (non-hydrogen) atoms. The van der Waals surface area contributed by atoms with Gasteiger partial charge in [0, 0.05) is 22.3 Å². The summed E-state index contributed by atoms with van der Waals surface area (Å²) in [5, 5.41) is 77.5. The molecule has 2 saturated carbocycles. The zero-order valence-electron chi connectivity index (χ0n) is 56.1. The number of nitrogens with zero attached hydrogens (tertiary/aromatic N) is 14. The molecular weight excluding hydrogens is 1550 g/mol. The van der Waals surface area contributed by atoms with Crippen molar-refractivity contribution in [3.8, 4) is 90.8 Å². The lowest BCUT2D eigenvalue weighted by Gasteiger charge is -2.20. The third-order valence-corrected chi connectivity index (χ3v) is 22.0. The Bertz CT molecular complexity index is 5490. The first-order valence-corrected chi connectivity index (χ1v) is 36.8. The highest BCUT2D eigenvalue weighted by molar-refractivity contribution is 6.46. The van der Waals surface area contributed by atoms with E-state index in [2.05, 4.69) is 51.2 Å². The van der Waals surface area contributed by atoms with Crippen molar-refractivity contribution in [1.29, 1.82) is 0 Å². The van der Waals surface area contributed by atoms with Gasteiger partial charge in [0.25, 0.3) is 0 Å². The molecule has 0 radical (unpaired) electrons. The summed E-state index contributed by atoms with van der Waals surface area (Å²) in [6, 6.07) is 39.8. The molecule has 0 saturated heterocycles. The van der Waals surface area contributed by atoms with E-state index in [0.29, 0.717) is 45.0 Å². The standard InChI is InChI=1S/C38H34Cl4N8O4.C38H22Cl4N8O4/c2*39-26-17-29(35(53)24-13-11-20(15-30(24)51)27-18-48(46-44-27)22-7-3-1-4-8-22)50(38(26)42)34-32(40)37(41)43-33(34)36(54)25-14-12-21(16-31(25)52)28-19-49(47-45-28)23-9-5-2-6-10-23/h11-19,22-23,43,51-52H,1-10H2;1-19,43,51-52H. The number of hydrogen-bond acceptors (Lipinski definition) is 16. The van der Waals surface area contributed by atoms with Crippen molar-refractivity contribution in [2.45, 2.75) is 76.3 Å². The summed E-state index contributed by atoms with van der Waals surface area (Å²) in [7, 11) is 0. The highest BCUT2D eigenvalue weighted by Crippen LogP contribution is 2.45. The SMILES string of the molecule is O=C(c1ccc(-c2cn(-c3ccccc3)nn2)cc1O)c1[nH]c(Cl)c(Cl)c1-n1c(C(=O)c2ccc(-c3cn(-c4ccccc4)nn3)cc2O)cc(Cl)c1Cl.O=C(c1ccc(-c2cn(C3CCCCC3)nn2)cc1O)c1[nH]c(Cl)c(Cl)c1-n1c(C(=O)c2ccc(-c3cn(C4CCCCC4)nn3)cc2O)cc(Cl)c1Cl. The molecule has 8 heterocycles. The van der Waals surface area contributed by atoms with Crippen LogP contribution in [0.2, 0.25) is 40.7 Å². The van der Waals surface area contributed by atoms with Gasteiger partial charge < -0.3 is 30.4 Å². The number of carbonyl (C=O) groups excluding carboxylic acids is 4. The van der Waals surface area contributed by atoms with Crippen LogP contribution in [0.3, 0.4) is 0 Å². The van der Waals surface area contributed by atoms with Crippen molar-refractivity contribution >= 4 is 116 Å². The number of nitrogens with one attached hydrogen (secondary N) is 2. The molecule has 2 aliphatic carbocycles. The number of carbonyl (C=O) groups is 4. The molecule has 6 aromatic carbocycles. The number of phenols is 4. The average Bonchev–Trinajstić information content (AvgIpc) is 1.59. The van der Waals surface area contributed by atoms with Crippen molar-refractivity contribution in [1.82, 2.24) is 79.1 Å². The topological polar surface area (TPSA) is 313 Å². The second kappa shape index (κ2) is 30.5. The average molecular weight is 1610 g/mol. The zero-order valence-corrected chi connectivity index (χ0v) is 62.1. The Balaban J connectivity index is 0.000000172. The maximum Gasteiger partial charge on any atom is 0.215 e. The van der Waals surface area contributed by atoms with Gasteiger partial charge in [0.2, 0.25) is 23.1 Å². The van der Waals surface area contributed by atoms with Gasteiger partial charge in [0.15, 0.2) is 0 Å². The van der Waals surface area contributed by atoms with Crippen LogP contribution in [0.25, 0.3) is 67.8 Å². The normalized spacial score (nSPS) is 13.4. The Morgan fingerprint density at radius 2 is 0.685 bits per heavy atom. The van der Waals surface area contributed by atoms with Crippen LogP contribution in [0.1, 0.15) is 140 Å².